The number of benzene rings is 1. The molecule has 106 valence electrons. The first-order valence-corrected chi connectivity index (χ1v) is 8.16. The van der Waals surface area contributed by atoms with Crippen molar-refractivity contribution in [3.8, 4) is 0 Å². The van der Waals surface area contributed by atoms with Crippen LogP contribution >= 0.6 is 34.4 Å². The molecule has 0 aliphatic heterocycles. The number of hydrogen-bond acceptors (Lipinski definition) is 5. The van der Waals surface area contributed by atoms with Crippen molar-refractivity contribution < 1.29 is 9.21 Å². The highest BCUT2D eigenvalue weighted by molar-refractivity contribution is 14.1. The van der Waals surface area contributed by atoms with E-state index < -0.39 is 0 Å². The molecular formula is C13H14IN3O2S. The molecule has 0 aliphatic rings. The van der Waals surface area contributed by atoms with Crippen LogP contribution in [0.3, 0.4) is 0 Å². The SMILES string of the molecule is CCc1nnc(SCC(=O)Nc2ccc(I)cc2C)o1. The van der Waals surface area contributed by atoms with Crippen LogP contribution in [0.4, 0.5) is 5.69 Å². The van der Waals surface area contributed by atoms with Gasteiger partial charge in [0.15, 0.2) is 0 Å². The first-order valence-electron chi connectivity index (χ1n) is 6.09. The normalized spacial score (nSPS) is 10.6. The molecule has 0 radical (unpaired) electrons. The molecule has 0 saturated heterocycles. The minimum absolute atomic E-state index is 0.0874. The van der Waals surface area contributed by atoms with Gasteiger partial charge < -0.3 is 9.73 Å². The van der Waals surface area contributed by atoms with E-state index in [1.165, 1.54) is 11.8 Å². The topological polar surface area (TPSA) is 68.0 Å². The molecule has 1 heterocycles. The maximum absolute atomic E-state index is 11.9. The number of rotatable bonds is 5. The molecule has 1 aromatic carbocycles. The third kappa shape index (κ3) is 4.20. The minimum Gasteiger partial charge on any atom is -0.416 e. The van der Waals surface area contributed by atoms with Crippen LogP contribution in [0.5, 0.6) is 0 Å². The number of hydrogen-bond donors (Lipinski definition) is 1. The summed E-state index contributed by atoms with van der Waals surface area (Å²) in [5.74, 6) is 0.744. The number of halogens is 1. The molecule has 2 aromatic rings. The quantitative estimate of drug-likeness (QED) is 0.613. The summed E-state index contributed by atoms with van der Waals surface area (Å²) in [6.07, 6.45) is 0.696. The molecule has 0 spiro atoms. The summed E-state index contributed by atoms with van der Waals surface area (Å²) in [6, 6.07) is 5.89. The summed E-state index contributed by atoms with van der Waals surface area (Å²) in [5.41, 5.74) is 1.87. The molecule has 0 atom stereocenters. The molecule has 1 N–H and O–H groups in total. The fourth-order valence-corrected chi connectivity index (χ4v) is 2.75. The van der Waals surface area contributed by atoms with Gasteiger partial charge in [0.25, 0.3) is 5.22 Å². The summed E-state index contributed by atoms with van der Waals surface area (Å²) in [7, 11) is 0. The van der Waals surface area contributed by atoms with Gasteiger partial charge in [-0.15, -0.1) is 10.2 Å². The Morgan fingerprint density at radius 3 is 2.90 bits per heavy atom. The average molecular weight is 403 g/mol. The van der Waals surface area contributed by atoms with Crippen LogP contribution in [0, 0.1) is 10.5 Å². The standard InChI is InChI=1S/C13H14IN3O2S/c1-3-12-16-17-13(19-12)20-7-11(18)15-10-5-4-9(14)6-8(10)2/h4-6H,3,7H2,1-2H3,(H,15,18). The fourth-order valence-electron chi connectivity index (χ4n) is 1.52. The fraction of sp³-hybridized carbons (Fsp3) is 0.308. The zero-order valence-corrected chi connectivity index (χ0v) is 14.1. The first kappa shape index (κ1) is 15.3. The highest BCUT2D eigenvalue weighted by atomic mass is 127. The Kier molecular flexibility index (Phi) is 5.41. The lowest BCUT2D eigenvalue weighted by Crippen LogP contribution is -2.14. The lowest BCUT2D eigenvalue weighted by molar-refractivity contribution is -0.113. The Morgan fingerprint density at radius 1 is 1.45 bits per heavy atom. The number of nitrogens with one attached hydrogen (secondary N) is 1. The Morgan fingerprint density at radius 2 is 2.25 bits per heavy atom. The molecule has 0 fully saturated rings. The van der Waals surface area contributed by atoms with Crippen LogP contribution in [0.15, 0.2) is 27.8 Å². The number of aromatic nitrogens is 2. The zero-order chi connectivity index (χ0) is 14.5. The molecule has 0 bridgehead atoms. The van der Waals surface area contributed by atoms with E-state index in [2.05, 4.69) is 38.1 Å². The number of carbonyl (C=O) groups is 1. The lowest BCUT2D eigenvalue weighted by Gasteiger charge is -2.07. The van der Waals surface area contributed by atoms with Crippen molar-refractivity contribution in [1.29, 1.82) is 0 Å². The molecule has 1 aromatic heterocycles. The number of aryl methyl sites for hydroxylation is 2. The van der Waals surface area contributed by atoms with Crippen molar-refractivity contribution in [2.75, 3.05) is 11.1 Å². The number of anilines is 1. The van der Waals surface area contributed by atoms with E-state index in [0.717, 1.165) is 14.8 Å². The highest BCUT2D eigenvalue weighted by Gasteiger charge is 2.10. The largest absolute Gasteiger partial charge is 0.416 e. The average Bonchev–Trinajstić information content (AvgIpc) is 2.88. The van der Waals surface area contributed by atoms with Crippen molar-refractivity contribution in [2.45, 2.75) is 25.5 Å². The molecule has 0 aliphatic carbocycles. The van der Waals surface area contributed by atoms with Gasteiger partial charge in [-0.3, -0.25) is 4.79 Å². The Balaban J connectivity index is 1.89. The summed E-state index contributed by atoms with van der Waals surface area (Å²) in [6.45, 7) is 3.91. The Bertz CT molecular complexity index is 615. The molecular weight excluding hydrogens is 389 g/mol. The second-order valence-corrected chi connectivity index (χ2v) is 6.28. The predicted octanol–water partition coefficient (Wildman–Crippen LogP) is 3.28. The third-order valence-corrected chi connectivity index (χ3v) is 4.03. The molecule has 0 saturated carbocycles. The molecule has 20 heavy (non-hydrogen) atoms. The predicted molar refractivity (Wildman–Crippen MR) is 86.9 cm³/mol. The van der Waals surface area contributed by atoms with E-state index in [4.69, 9.17) is 4.42 Å². The monoisotopic (exact) mass is 403 g/mol. The number of carbonyl (C=O) groups excluding carboxylic acids is 1. The second kappa shape index (κ2) is 7.07. The number of thioether (sulfide) groups is 1. The molecule has 0 unspecified atom stereocenters. The van der Waals surface area contributed by atoms with E-state index in [0.29, 0.717) is 17.5 Å². The summed E-state index contributed by atoms with van der Waals surface area (Å²) >= 11 is 3.48. The van der Waals surface area contributed by atoms with Gasteiger partial charge in [0.2, 0.25) is 11.8 Å². The van der Waals surface area contributed by atoms with E-state index >= 15 is 0 Å². The van der Waals surface area contributed by atoms with E-state index in [9.17, 15) is 4.79 Å². The van der Waals surface area contributed by atoms with Crippen molar-refractivity contribution >= 4 is 45.9 Å². The van der Waals surface area contributed by atoms with Gasteiger partial charge in [-0.2, -0.15) is 0 Å². The maximum atomic E-state index is 11.9. The van der Waals surface area contributed by atoms with Crippen LogP contribution in [0.1, 0.15) is 18.4 Å². The summed E-state index contributed by atoms with van der Waals surface area (Å²) in [5, 5.41) is 11.0. The second-order valence-electron chi connectivity index (χ2n) is 4.11. The van der Waals surface area contributed by atoms with Gasteiger partial charge in [-0.1, -0.05) is 18.7 Å². The zero-order valence-electron chi connectivity index (χ0n) is 11.1. The van der Waals surface area contributed by atoms with Crippen LogP contribution in [-0.2, 0) is 11.2 Å². The van der Waals surface area contributed by atoms with Crippen molar-refractivity contribution in [3.05, 3.63) is 33.2 Å². The Hall–Kier alpha value is -1.09. The molecule has 2 rings (SSSR count). The highest BCUT2D eigenvalue weighted by Crippen LogP contribution is 2.20. The van der Waals surface area contributed by atoms with Gasteiger partial charge in [0.05, 0.1) is 5.75 Å². The van der Waals surface area contributed by atoms with E-state index in [1.54, 1.807) is 0 Å². The van der Waals surface area contributed by atoms with Crippen LogP contribution in [0.2, 0.25) is 0 Å². The first-order chi connectivity index (χ1) is 9.58. The van der Waals surface area contributed by atoms with Crippen LogP contribution < -0.4 is 5.32 Å². The number of nitrogens with zero attached hydrogens (tertiary/aromatic N) is 2. The van der Waals surface area contributed by atoms with Gasteiger partial charge in [0, 0.05) is 15.7 Å². The molecule has 1 amide bonds. The summed E-state index contributed by atoms with van der Waals surface area (Å²) in [4.78, 5) is 11.9. The van der Waals surface area contributed by atoms with E-state index in [-0.39, 0.29) is 11.7 Å². The smallest absolute Gasteiger partial charge is 0.277 e. The van der Waals surface area contributed by atoms with Gasteiger partial charge in [0.1, 0.15) is 0 Å². The van der Waals surface area contributed by atoms with Crippen LogP contribution in [-0.4, -0.2) is 21.9 Å². The minimum atomic E-state index is -0.0874. The molecule has 7 heteroatoms. The third-order valence-electron chi connectivity index (χ3n) is 2.54. The Labute approximate surface area is 135 Å². The number of amides is 1. The van der Waals surface area contributed by atoms with Crippen molar-refractivity contribution in [2.24, 2.45) is 0 Å². The lowest BCUT2D eigenvalue weighted by atomic mass is 10.2. The van der Waals surface area contributed by atoms with Crippen molar-refractivity contribution in [3.63, 3.8) is 0 Å². The van der Waals surface area contributed by atoms with Crippen molar-refractivity contribution in [1.82, 2.24) is 10.2 Å². The van der Waals surface area contributed by atoms with Gasteiger partial charge in [-0.05, 0) is 53.3 Å². The molecule has 5 nitrogen and oxygen atoms in total. The summed E-state index contributed by atoms with van der Waals surface area (Å²) < 4.78 is 6.48. The van der Waals surface area contributed by atoms with Gasteiger partial charge >= 0.3 is 0 Å². The van der Waals surface area contributed by atoms with E-state index in [1.807, 2.05) is 32.0 Å². The van der Waals surface area contributed by atoms with Crippen LogP contribution in [0.25, 0.3) is 0 Å². The maximum Gasteiger partial charge on any atom is 0.277 e. The van der Waals surface area contributed by atoms with Gasteiger partial charge in [-0.25, -0.2) is 0 Å².